The monoisotopic (exact) mass is 651 g/mol. The summed E-state index contributed by atoms with van der Waals surface area (Å²) < 4.78 is 25.8. The number of nitro groups is 1. The van der Waals surface area contributed by atoms with Crippen LogP contribution in [0.25, 0.3) is 11.6 Å². The fourth-order valence-corrected chi connectivity index (χ4v) is 6.65. The highest BCUT2D eigenvalue weighted by Crippen LogP contribution is 2.58. The van der Waals surface area contributed by atoms with Gasteiger partial charge in [-0.2, -0.15) is 0 Å². The third-order valence-electron chi connectivity index (χ3n) is 8.63. The average molecular weight is 652 g/mol. The third-order valence-corrected chi connectivity index (χ3v) is 8.63. The molecular weight excluding hydrogens is 618 g/mol. The van der Waals surface area contributed by atoms with Gasteiger partial charge in [-0.1, -0.05) is 37.3 Å². The summed E-state index contributed by atoms with van der Waals surface area (Å²) >= 11 is 0. The minimum absolute atomic E-state index is 0.0870. The van der Waals surface area contributed by atoms with Crippen LogP contribution in [0.4, 0.5) is 5.69 Å². The second-order valence-corrected chi connectivity index (χ2v) is 11.1. The van der Waals surface area contributed by atoms with Gasteiger partial charge < -0.3 is 28.8 Å². The van der Waals surface area contributed by atoms with Gasteiger partial charge in [-0.05, 0) is 41.7 Å². The van der Waals surface area contributed by atoms with Crippen LogP contribution in [0.1, 0.15) is 24.5 Å². The molecule has 1 fully saturated rings. The van der Waals surface area contributed by atoms with E-state index in [0.717, 1.165) is 28.4 Å². The Morgan fingerprint density at radius 2 is 1.43 bits per heavy atom. The molecule has 0 amide bonds. The molecule has 1 saturated carbocycles. The minimum Gasteiger partial charge on any atom is -0.469 e. The highest BCUT2D eigenvalue weighted by atomic mass is 16.6. The highest BCUT2D eigenvalue weighted by molar-refractivity contribution is 6.22. The second kappa shape index (κ2) is 14.0. The van der Waals surface area contributed by atoms with Crippen molar-refractivity contribution in [3.63, 3.8) is 0 Å². The van der Waals surface area contributed by atoms with Gasteiger partial charge in [0, 0.05) is 18.1 Å². The van der Waals surface area contributed by atoms with E-state index in [1.54, 1.807) is 37.3 Å². The fraction of sp³-hybridized carbons (Fsp3) is 0.364. The summed E-state index contributed by atoms with van der Waals surface area (Å²) in [5.41, 5.74) is -2.79. The molecule has 2 aliphatic rings. The minimum atomic E-state index is -2.67. The summed E-state index contributed by atoms with van der Waals surface area (Å²) in [6, 6.07) is 13.5. The van der Waals surface area contributed by atoms with Gasteiger partial charge >= 0.3 is 29.8 Å². The average Bonchev–Trinajstić information content (AvgIpc) is 3.06. The third kappa shape index (κ3) is 6.23. The lowest BCUT2D eigenvalue weighted by atomic mass is 9.50. The van der Waals surface area contributed by atoms with E-state index in [-0.39, 0.29) is 23.2 Å². The molecule has 2 bridgehead atoms. The van der Waals surface area contributed by atoms with Crippen molar-refractivity contribution >= 4 is 47.2 Å². The van der Waals surface area contributed by atoms with Crippen LogP contribution in [-0.4, -0.2) is 73.9 Å². The molecule has 0 aliphatic heterocycles. The Morgan fingerprint density at radius 3 is 1.96 bits per heavy atom. The summed E-state index contributed by atoms with van der Waals surface area (Å²) in [6.07, 6.45) is 1.33. The number of fused-ring (bicyclic) bond motifs is 2. The lowest BCUT2D eigenvalue weighted by Gasteiger charge is -2.55. The number of carbonyl (C=O) groups is 5. The molecule has 14 heteroatoms. The van der Waals surface area contributed by atoms with Crippen LogP contribution in [0.15, 0.2) is 65.9 Å². The Balaban J connectivity index is 2.00. The number of hydrogen-bond acceptors (Lipinski definition) is 13. The van der Waals surface area contributed by atoms with Crippen LogP contribution < -0.4 is 0 Å². The number of nitro benzene ring substituents is 1. The standard InChI is InChI=1S/C33H33NO13/c1-17-15-22-23(29(36)43-2)27(26(32(39)46-5)33(40,24(17)30(37)44-3)25(22)31(38)45-4)47-28(35)21(16-18-9-7-6-8-10-18)19-11-13-20(14-12-19)34(41)42/h6-14,16-17,22,24-26,40H,15H2,1-5H3/b21-16+. The molecular formula is C33H33NO13. The number of rotatable bonds is 9. The number of methoxy groups -OCH3 is 4. The molecule has 4 rings (SSSR count). The zero-order valence-electron chi connectivity index (χ0n) is 26.2. The number of non-ortho nitro benzene ring substituents is 1. The SMILES string of the molecule is COC(=O)C1=C(OC(=O)/C(=C/c2ccccc2)c2ccc([N+](=O)[O-])cc2)C(C(=O)OC)C2(O)C(C(=O)OC)C(C)CC1C2C(=O)OC. The van der Waals surface area contributed by atoms with Crippen LogP contribution in [0.2, 0.25) is 0 Å². The first-order valence-electron chi connectivity index (χ1n) is 14.4. The van der Waals surface area contributed by atoms with Crippen LogP contribution in [0.3, 0.4) is 0 Å². The molecule has 6 atom stereocenters. The smallest absolute Gasteiger partial charge is 0.343 e. The molecule has 47 heavy (non-hydrogen) atoms. The van der Waals surface area contributed by atoms with Crippen molar-refractivity contribution in [2.75, 3.05) is 28.4 Å². The molecule has 248 valence electrons. The number of esters is 5. The number of hydrogen-bond donors (Lipinski definition) is 1. The first kappa shape index (κ1) is 34.5. The van der Waals surface area contributed by atoms with Gasteiger partial charge in [0.15, 0.2) is 0 Å². The number of ether oxygens (including phenoxy) is 5. The van der Waals surface area contributed by atoms with Crippen LogP contribution in [0, 0.1) is 39.7 Å². The van der Waals surface area contributed by atoms with Crippen LogP contribution >= 0.6 is 0 Å². The maximum Gasteiger partial charge on any atom is 0.343 e. The van der Waals surface area contributed by atoms with E-state index >= 15 is 0 Å². The summed E-state index contributed by atoms with van der Waals surface area (Å²) in [4.78, 5) is 78.5. The van der Waals surface area contributed by atoms with Crippen molar-refractivity contribution in [1.29, 1.82) is 0 Å². The number of nitrogens with zero attached hydrogens (tertiary/aromatic N) is 1. The van der Waals surface area contributed by atoms with Gasteiger partial charge in [0.25, 0.3) is 5.69 Å². The zero-order chi connectivity index (χ0) is 34.6. The van der Waals surface area contributed by atoms with Gasteiger partial charge in [-0.15, -0.1) is 0 Å². The summed E-state index contributed by atoms with van der Waals surface area (Å²) in [7, 11) is 4.11. The van der Waals surface area contributed by atoms with E-state index in [0.29, 0.717) is 5.56 Å². The van der Waals surface area contributed by atoms with E-state index in [2.05, 4.69) is 0 Å². The molecule has 6 unspecified atom stereocenters. The maximum atomic E-state index is 14.2. The first-order valence-corrected chi connectivity index (χ1v) is 14.4. The lowest BCUT2D eigenvalue weighted by Crippen LogP contribution is -2.68. The molecule has 0 aromatic heterocycles. The van der Waals surface area contributed by atoms with Crippen molar-refractivity contribution in [1.82, 2.24) is 0 Å². The van der Waals surface area contributed by atoms with Gasteiger partial charge in [0.1, 0.15) is 17.3 Å². The predicted octanol–water partition coefficient (Wildman–Crippen LogP) is 2.87. The number of aliphatic hydroxyl groups is 1. The largest absolute Gasteiger partial charge is 0.469 e. The normalized spacial score (nSPS) is 25.2. The van der Waals surface area contributed by atoms with Crippen molar-refractivity contribution in [3.05, 3.63) is 87.2 Å². The Bertz CT molecular complexity index is 1650. The van der Waals surface area contributed by atoms with Gasteiger partial charge in [0.2, 0.25) is 0 Å². The van der Waals surface area contributed by atoms with Gasteiger partial charge in [-0.3, -0.25) is 24.5 Å². The number of carbonyl (C=O) groups excluding carboxylic acids is 5. The van der Waals surface area contributed by atoms with Crippen LogP contribution in [0.5, 0.6) is 0 Å². The quantitative estimate of drug-likeness (QED) is 0.104. The highest BCUT2D eigenvalue weighted by Gasteiger charge is 2.71. The number of benzene rings is 2. The molecule has 0 saturated heterocycles. The van der Waals surface area contributed by atoms with E-state index in [1.165, 1.54) is 30.3 Å². The molecule has 2 aromatic carbocycles. The zero-order valence-corrected chi connectivity index (χ0v) is 26.2. The fourth-order valence-electron chi connectivity index (χ4n) is 6.65. The Morgan fingerprint density at radius 1 is 0.851 bits per heavy atom. The van der Waals surface area contributed by atoms with Crippen molar-refractivity contribution in [2.24, 2.45) is 29.6 Å². The molecule has 2 aromatic rings. The maximum absolute atomic E-state index is 14.2. The second-order valence-electron chi connectivity index (χ2n) is 11.1. The Hall–Kier alpha value is -5.37. The molecule has 0 radical (unpaired) electrons. The topological polar surface area (TPSA) is 195 Å². The molecule has 2 aliphatic carbocycles. The van der Waals surface area contributed by atoms with Gasteiger partial charge in [-0.25, -0.2) is 9.59 Å². The summed E-state index contributed by atoms with van der Waals surface area (Å²) in [5, 5.41) is 23.8. The lowest BCUT2D eigenvalue weighted by molar-refractivity contribution is -0.384. The Labute approximate surface area is 269 Å². The van der Waals surface area contributed by atoms with Crippen LogP contribution in [-0.2, 0) is 47.7 Å². The molecule has 0 spiro atoms. The van der Waals surface area contributed by atoms with Crippen molar-refractivity contribution < 1.29 is 57.7 Å². The molecule has 1 N–H and O–H groups in total. The molecule has 0 heterocycles. The van der Waals surface area contributed by atoms with Gasteiger partial charge in [0.05, 0.1) is 56.3 Å². The van der Waals surface area contributed by atoms with Crippen molar-refractivity contribution in [2.45, 2.75) is 18.9 Å². The first-order chi connectivity index (χ1) is 22.3. The van der Waals surface area contributed by atoms with Crippen molar-refractivity contribution in [3.8, 4) is 0 Å². The summed E-state index contributed by atoms with van der Waals surface area (Å²) in [5.74, 6) is -13.5. The predicted molar refractivity (Wildman–Crippen MR) is 161 cm³/mol. The molecule has 14 nitrogen and oxygen atoms in total. The van der Waals surface area contributed by atoms with E-state index < -0.39 is 81.3 Å². The van der Waals surface area contributed by atoms with E-state index in [9.17, 15) is 39.2 Å². The van der Waals surface area contributed by atoms with E-state index in [4.69, 9.17) is 23.7 Å². The van der Waals surface area contributed by atoms with E-state index in [1.807, 2.05) is 0 Å². The Kier molecular flexibility index (Phi) is 10.2. The summed E-state index contributed by atoms with van der Waals surface area (Å²) in [6.45, 7) is 1.57.